The molecule has 0 radical (unpaired) electrons. The average Bonchev–Trinajstić information content (AvgIpc) is 3.06. The van der Waals surface area contributed by atoms with Gasteiger partial charge in [0.25, 0.3) is 0 Å². The standard InChI is InChI=1S/C14H13N3O2/c1-2-19-14(18)12-11-5-3-4-8-17(11)13(16-12)10-6-7-15-9-10/h3-9,15H,2H2,1H3. The number of fused-ring (bicyclic) bond motifs is 1. The van der Waals surface area contributed by atoms with Gasteiger partial charge in [-0.1, -0.05) is 6.07 Å². The maximum absolute atomic E-state index is 11.9. The maximum atomic E-state index is 11.9. The van der Waals surface area contributed by atoms with E-state index in [0.717, 1.165) is 16.9 Å². The van der Waals surface area contributed by atoms with Crippen LogP contribution in [-0.2, 0) is 4.74 Å². The van der Waals surface area contributed by atoms with Gasteiger partial charge < -0.3 is 9.72 Å². The maximum Gasteiger partial charge on any atom is 0.359 e. The molecular weight excluding hydrogens is 242 g/mol. The van der Waals surface area contributed by atoms with Crippen molar-refractivity contribution >= 4 is 11.5 Å². The van der Waals surface area contributed by atoms with E-state index in [2.05, 4.69) is 9.97 Å². The van der Waals surface area contributed by atoms with Gasteiger partial charge >= 0.3 is 5.97 Å². The van der Waals surface area contributed by atoms with Gasteiger partial charge in [0.2, 0.25) is 0 Å². The minimum Gasteiger partial charge on any atom is -0.461 e. The van der Waals surface area contributed by atoms with Crippen LogP contribution in [0.3, 0.4) is 0 Å². The van der Waals surface area contributed by atoms with Gasteiger partial charge in [-0.3, -0.25) is 4.40 Å². The van der Waals surface area contributed by atoms with E-state index >= 15 is 0 Å². The Labute approximate surface area is 109 Å². The largest absolute Gasteiger partial charge is 0.461 e. The van der Waals surface area contributed by atoms with Gasteiger partial charge in [-0.25, -0.2) is 9.78 Å². The van der Waals surface area contributed by atoms with E-state index in [4.69, 9.17) is 4.74 Å². The lowest BCUT2D eigenvalue weighted by Gasteiger charge is -1.98. The van der Waals surface area contributed by atoms with Gasteiger partial charge in [0.1, 0.15) is 5.82 Å². The third-order valence-corrected chi connectivity index (χ3v) is 2.87. The molecule has 5 heteroatoms. The third kappa shape index (κ3) is 1.89. The summed E-state index contributed by atoms with van der Waals surface area (Å²) in [6, 6.07) is 7.55. The van der Waals surface area contributed by atoms with Crippen LogP contribution in [0.1, 0.15) is 17.4 Å². The van der Waals surface area contributed by atoms with Crippen molar-refractivity contribution in [3.63, 3.8) is 0 Å². The number of H-pyrrole nitrogens is 1. The molecule has 3 aromatic heterocycles. The second-order valence-corrected chi connectivity index (χ2v) is 4.06. The van der Waals surface area contributed by atoms with E-state index in [1.54, 1.807) is 6.92 Å². The molecule has 0 spiro atoms. The molecule has 0 saturated carbocycles. The molecule has 3 heterocycles. The van der Waals surface area contributed by atoms with E-state index in [0.29, 0.717) is 12.3 Å². The van der Waals surface area contributed by atoms with Crippen LogP contribution in [0, 0.1) is 0 Å². The van der Waals surface area contributed by atoms with Crippen LogP contribution >= 0.6 is 0 Å². The SMILES string of the molecule is CCOC(=O)c1nc(-c2cc[nH]c2)n2ccccc12. The fourth-order valence-corrected chi connectivity index (χ4v) is 2.05. The van der Waals surface area contributed by atoms with Crippen molar-refractivity contribution < 1.29 is 9.53 Å². The topological polar surface area (TPSA) is 59.4 Å². The van der Waals surface area contributed by atoms with Crippen molar-refractivity contribution in [2.75, 3.05) is 6.61 Å². The van der Waals surface area contributed by atoms with E-state index < -0.39 is 5.97 Å². The summed E-state index contributed by atoms with van der Waals surface area (Å²) in [7, 11) is 0. The molecule has 0 aliphatic carbocycles. The lowest BCUT2D eigenvalue weighted by Crippen LogP contribution is -2.05. The molecule has 0 bridgehead atoms. The number of carbonyl (C=O) groups is 1. The van der Waals surface area contributed by atoms with Crippen LogP contribution in [0.2, 0.25) is 0 Å². The van der Waals surface area contributed by atoms with E-state index in [-0.39, 0.29) is 0 Å². The molecule has 0 saturated heterocycles. The fraction of sp³-hybridized carbons (Fsp3) is 0.143. The number of carbonyl (C=O) groups excluding carboxylic acids is 1. The molecule has 0 unspecified atom stereocenters. The zero-order chi connectivity index (χ0) is 13.2. The van der Waals surface area contributed by atoms with Crippen LogP contribution in [0.4, 0.5) is 0 Å². The first kappa shape index (κ1) is 11.5. The molecule has 0 atom stereocenters. The molecule has 96 valence electrons. The van der Waals surface area contributed by atoms with E-state index in [1.807, 2.05) is 47.3 Å². The summed E-state index contributed by atoms with van der Waals surface area (Å²) in [5.41, 5.74) is 2.02. The molecule has 0 aliphatic heterocycles. The first-order chi connectivity index (χ1) is 9.31. The van der Waals surface area contributed by atoms with Crippen molar-refractivity contribution in [1.29, 1.82) is 0 Å². The average molecular weight is 255 g/mol. The molecule has 19 heavy (non-hydrogen) atoms. The number of nitrogens with one attached hydrogen (secondary N) is 1. The van der Waals surface area contributed by atoms with Crippen molar-refractivity contribution in [2.45, 2.75) is 6.92 Å². The Morgan fingerprint density at radius 2 is 2.32 bits per heavy atom. The van der Waals surface area contributed by atoms with Crippen LogP contribution in [0.25, 0.3) is 16.9 Å². The molecule has 3 aromatic rings. The number of nitrogens with zero attached hydrogens (tertiary/aromatic N) is 2. The Hall–Kier alpha value is -2.56. The Morgan fingerprint density at radius 1 is 1.42 bits per heavy atom. The Kier molecular flexibility index (Phi) is 2.79. The lowest BCUT2D eigenvalue weighted by atomic mass is 10.3. The van der Waals surface area contributed by atoms with Gasteiger partial charge in [0.05, 0.1) is 12.1 Å². The molecule has 0 amide bonds. The van der Waals surface area contributed by atoms with Gasteiger partial charge in [-0.05, 0) is 25.1 Å². The number of esters is 1. The van der Waals surface area contributed by atoms with Gasteiger partial charge in [-0.2, -0.15) is 0 Å². The van der Waals surface area contributed by atoms with Gasteiger partial charge in [0.15, 0.2) is 5.69 Å². The second-order valence-electron chi connectivity index (χ2n) is 4.06. The summed E-state index contributed by atoms with van der Waals surface area (Å²) in [4.78, 5) is 19.3. The molecule has 5 nitrogen and oxygen atoms in total. The van der Waals surface area contributed by atoms with Crippen molar-refractivity contribution in [3.05, 3.63) is 48.5 Å². The number of pyridine rings is 1. The van der Waals surface area contributed by atoms with Crippen molar-refractivity contribution in [2.24, 2.45) is 0 Å². The molecule has 0 fully saturated rings. The summed E-state index contributed by atoms with van der Waals surface area (Å²) < 4.78 is 6.93. The summed E-state index contributed by atoms with van der Waals surface area (Å²) in [5, 5.41) is 0. The summed E-state index contributed by atoms with van der Waals surface area (Å²) in [6.45, 7) is 2.12. The molecule has 3 rings (SSSR count). The molecule has 0 aromatic carbocycles. The Morgan fingerprint density at radius 3 is 3.05 bits per heavy atom. The minimum absolute atomic E-state index is 0.337. The van der Waals surface area contributed by atoms with E-state index in [1.165, 1.54) is 0 Å². The summed E-state index contributed by atoms with van der Waals surface area (Å²) >= 11 is 0. The van der Waals surface area contributed by atoms with Gasteiger partial charge in [0, 0.05) is 24.2 Å². The van der Waals surface area contributed by atoms with Crippen LogP contribution in [0.15, 0.2) is 42.9 Å². The predicted octanol–water partition coefficient (Wildman–Crippen LogP) is 2.51. The quantitative estimate of drug-likeness (QED) is 0.731. The fourth-order valence-electron chi connectivity index (χ4n) is 2.05. The number of rotatable bonds is 3. The normalized spacial score (nSPS) is 10.8. The van der Waals surface area contributed by atoms with Crippen LogP contribution in [-0.4, -0.2) is 26.9 Å². The Balaban J connectivity index is 2.22. The number of hydrogen-bond donors (Lipinski definition) is 1. The first-order valence-electron chi connectivity index (χ1n) is 6.08. The van der Waals surface area contributed by atoms with Crippen molar-refractivity contribution in [3.8, 4) is 11.4 Å². The highest BCUT2D eigenvalue weighted by Gasteiger charge is 2.18. The van der Waals surface area contributed by atoms with Gasteiger partial charge in [-0.15, -0.1) is 0 Å². The molecule has 0 aliphatic rings. The highest BCUT2D eigenvalue weighted by atomic mass is 16.5. The third-order valence-electron chi connectivity index (χ3n) is 2.87. The number of aromatic nitrogens is 3. The summed E-state index contributed by atoms with van der Waals surface area (Å²) in [6.07, 6.45) is 5.55. The second kappa shape index (κ2) is 4.61. The first-order valence-corrected chi connectivity index (χ1v) is 6.08. The van der Waals surface area contributed by atoms with E-state index in [9.17, 15) is 4.79 Å². The zero-order valence-electron chi connectivity index (χ0n) is 10.5. The molecule has 1 N–H and O–H groups in total. The number of imidazole rings is 1. The highest BCUT2D eigenvalue weighted by Crippen LogP contribution is 2.22. The Bertz CT molecular complexity index is 713. The smallest absolute Gasteiger partial charge is 0.359 e. The number of hydrogen-bond acceptors (Lipinski definition) is 3. The minimum atomic E-state index is -0.395. The van der Waals surface area contributed by atoms with Crippen LogP contribution in [0.5, 0.6) is 0 Å². The highest BCUT2D eigenvalue weighted by molar-refractivity contribution is 5.96. The zero-order valence-corrected chi connectivity index (χ0v) is 10.5. The van der Waals surface area contributed by atoms with Crippen LogP contribution < -0.4 is 0 Å². The monoisotopic (exact) mass is 255 g/mol. The van der Waals surface area contributed by atoms with Crippen molar-refractivity contribution in [1.82, 2.24) is 14.4 Å². The predicted molar refractivity (Wildman–Crippen MR) is 70.9 cm³/mol. The summed E-state index contributed by atoms with van der Waals surface area (Å²) in [5.74, 6) is 0.327. The molecular formula is C14H13N3O2. The number of aromatic amines is 1. The number of ether oxygens (including phenoxy) is 1. The lowest BCUT2D eigenvalue weighted by molar-refractivity contribution is 0.0522.